The Hall–Kier alpha value is -0.830. The minimum absolute atomic E-state index is 0.0212. The topological polar surface area (TPSA) is 43.8 Å². The molecular weight excluding hydrogens is 174 g/mol. The zero-order chi connectivity index (χ0) is 9.76. The third kappa shape index (κ3) is 1.05. The SMILES string of the molecule is Cn1nc2c(c1C1(N)CC1)CCCC2. The van der Waals surface area contributed by atoms with Crippen LogP contribution in [0.25, 0.3) is 0 Å². The summed E-state index contributed by atoms with van der Waals surface area (Å²) < 4.78 is 2.03. The van der Waals surface area contributed by atoms with E-state index in [0.29, 0.717) is 0 Å². The van der Waals surface area contributed by atoms with Gasteiger partial charge in [0.05, 0.1) is 16.9 Å². The van der Waals surface area contributed by atoms with Crippen LogP contribution in [0.3, 0.4) is 0 Å². The third-order valence-electron chi connectivity index (χ3n) is 3.58. The smallest absolute Gasteiger partial charge is 0.0660 e. The highest BCUT2D eigenvalue weighted by molar-refractivity contribution is 5.36. The molecule has 0 aromatic carbocycles. The lowest BCUT2D eigenvalue weighted by atomic mass is 9.93. The lowest BCUT2D eigenvalue weighted by Gasteiger charge is -2.15. The van der Waals surface area contributed by atoms with Crippen LogP contribution in [0.1, 0.15) is 42.6 Å². The molecule has 0 amide bonds. The van der Waals surface area contributed by atoms with Crippen LogP contribution in [-0.4, -0.2) is 9.78 Å². The number of aryl methyl sites for hydroxylation is 2. The maximum atomic E-state index is 6.28. The van der Waals surface area contributed by atoms with Gasteiger partial charge in [0.1, 0.15) is 0 Å². The highest BCUT2D eigenvalue weighted by Crippen LogP contribution is 2.45. The van der Waals surface area contributed by atoms with E-state index in [1.165, 1.54) is 36.2 Å². The molecule has 0 aliphatic heterocycles. The van der Waals surface area contributed by atoms with Crippen LogP contribution in [-0.2, 0) is 25.4 Å². The summed E-state index contributed by atoms with van der Waals surface area (Å²) in [4.78, 5) is 0. The van der Waals surface area contributed by atoms with Crippen LogP contribution in [0.4, 0.5) is 0 Å². The van der Waals surface area contributed by atoms with Crippen molar-refractivity contribution in [3.63, 3.8) is 0 Å². The molecule has 0 bridgehead atoms. The van der Waals surface area contributed by atoms with E-state index < -0.39 is 0 Å². The summed E-state index contributed by atoms with van der Waals surface area (Å²) in [5.41, 5.74) is 10.4. The highest BCUT2D eigenvalue weighted by atomic mass is 15.3. The summed E-state index contributed by atoms with van der Waals surface area (Å²) in [6.07, 6.45) is 7.22. The van der Waals surface area contributed by atoms with Gasteiger partial charge in [0.15, 0.2) is 0 Å². The minimum atomic E-state index is -0.0212. The Labute approximate surface area is 84.3 Å². The average Bonchev–Trinajstić information content (AvgIpc) is 2.79. The summed E-state index contributed by atoms with van der Waals surface area (Å²) in [5, 5.41) is 4.59. The van der Waals surface area contributed by atoms with Crippen molar-refractivity contribution in [3.8, 4) is 0 Å². The fraction of sp³-hybridized carbons (Fsp3) is 0.727. The first kappa shape index (κ1) is 8.48. The summed E-state index contributed by atoms with van der Waals surface area (Å²) in [7, 11) is 2.04. The molecular formula is C11H17N3. The number of aromatic nitrogens is 2. The molecule has 0 radical (unpaired) electrons. The molecule has 2 aliphatic carbocycles. The number of nitrogens with zero attached hydrogens (tertiary/aromatic N) is 2. The first-order chi connectivity index (χ1) is 6.71. The Kier molecular flexibility index (Phi) is 1.57. The van der Waals surface area contributed by atoms with E-state index in [4.69, 9.17) is 5.73 Å². The van der Waals surface area contributed by atoms with Gasteiger partial charge >= 0.3 is 0 Å². The summed E-state index contributed by atoms with van der Waals surface area (Å²) >= 11 is 0. The van der Waals surface area contributed by atoms with Crippen LogP contribution in [0, 0.1) is 0 Å². The van der Waals surface area contributed by atoms with Gasteiger partial charge in [0.25, 0.3) is 0 Å². The standard InChI is InChI=1S/C11H17N3/c1-14-10(11(12)6-7-11)8-4-2-3-5-9(8)13-14/h2-7,12H2,1H3. The highest BCUT2D eigenvalue weighted by Gasteiger charge is 2.45. The van der Waals surface area contributed by atoms with E-state index in [1.807, 2.05) is 11.7 Å². The van der Waals surface area contributed by atoms with Crippen LogP contribution >= 0.6 is 0 Å². The molecule has 0 spiro atoms. The largest absolute Gasteiger partial charge is 0.320 e. The number of hydrogen-bond donors (Lipinski definition) is 1. The second-order valence-electron chi connectivity index (χ2n) is 4.76. The molecule has 2 aliphatic rings. The Balaban J connectivity index is 2.13. The molecule has 1 aromatic heterocycles. The summed E-state index contributed by atoms with van der Waals surface area (Å²) in [5.74, 6) is 0. The maximum absolute atomic E-state index is 6.28. The minimum Gasteiger partial charge on any atom is -0.320 e. The third-order valence-corrected chi connectivity index (χ3v) is 3.58. The normalized spacial score (nSPS) is 23.3. The monoisotopic (exact) mass is 191 g/mol. The summed E-state index contributed by atoms with van der Waals surface area (Å²) in [6, 6.07) is 0. The Morgan fingerprint density at radius 2 is 2.00 bits per heavy atom. The molecule has 76 valence electrons. The molecule has 3 heteroatoms. The zero-order valence-corrected chi connectivity index (χ0v) is 8.71. The Morgan fingerprint density at radius 1 is 1.29 bits per heavy atom. The first-order valence-electron chi connectivity index (χ1n) is 5.55. The lowest BCUT2D eigenvalue weighted by Crippen LogP contribution is -2.24. The Bertz CT molecular complexity index is 374. The van der Waals surface area contributed by atoms with Crippen molar-refractivity contribution >= 4 is 0 Å². The fourth-order valence-electron chi connectivity index (χ4n) is 2.68. The van der Waals surface area contributed by atoms with Gasteiger partial charge in [-0.3, -0.25) is 4.68 Å². The van der Waals surface area contributed by atoms with E-state index >= 15 is 0 Å². The van der Waals surface area contributed by atoms with Gasteiger partial charge in [-0.25, -0.2) is 0 Å². The van der Waals surface area contributed by atoms with Crippen LogP contribution in [0.15, 0.2) is 0 Å². The molecule has 3 nitrogen and oxygen atoms in total. The van der Waals surface area contributed by atoms with Crippen molar-refractivity contribution in [3.05, 3.63) is 17.0 Å². The van der Waals surface area contributed by atoms with Gasteiger partial charge < -0.3 is 5.73 Å². The van der Waals surface area contributed by atoms with Crippen molar-refractivity contribution in [1.29, 1.82) is 0 Å². The molecule has 0 saturated heterocycles. The van der Waals surface area contributed by atoms with Crippen molar-refractivity contribution in [2.75, 3.05) is 0 Å². The van der Waals surface area contributed by atoms with Crippen LogP contribution in [0.2, 0.25) is 0 Å². The van der Waals surface area contributed by atoms with Crippen LogP contribution < -0.4 is 5.73 Å². The van der Waals surface area contributed by atoms with Crippen molar-refractivity contribution in [1.82, 2.24) is 9.78 Å². The fourth-order valence-corrected chi connectivity index (χ4v) is 2.68. The number of nitrogens with two attached hydrogens (primary N) is 1. The molecule has 1 heterocycles. The molecule has 1 aromatic rings. The van der Waals surface area contributed by atoms with E-state index in [1.54, 1.807) is 0 Å². The van der Waals surface area contributed by atoms with Crippen molar-refractivity contribution in [2.24, 2.45) is 12.8 Å². The number of rotatable bonds is 1. The first-order valence-corrected chi connectivity index (χ1v) is 5.55. The summed E-state index contributed by atoms with van der Waals surface area (Å²) in [6.45, 7) is 0. The van der Waals surface area contributed by atoms with E-state index in [2.05, 4.69) is 5.10 Å². The van der Waals surface area contributed by atoms with Gasteiger partial charge in [0.2, 0.25) is 0 Å². The molecule has 1 fully saturated rings. The molecule has 0 unspecified atom stereocenters. The van der Waals surface area contributed by atoms with Crippen molar-refractivity contribution in [2.45, 2.75) is 44.1 Å². The van der Waals surface area contributed by atoms with Gasteiger partial charge in [-0.15, -0.1) is 0 Å². The molecule has 3 rings (SSSR count). The van der Waals surface area contributed by atoms with E-state index in [9.17, 15) is 0 Å². The second-order valence-corrected chi connectivity index (χ2v) is 4.76. The molecule has 1 saturated carbocycles. The molecule has 14 heavy (non-hydrogen) atoms. The van der Waals surface area contributed by atoms with E-state index in [0.717, 1.165) is 19.3 Å². The number of fused-ring (bicyclic) bond motifs is 1. The predicted octanol–water partition coefficient (Wildman–Crippen LogP) is 1.25. The zero-order valence-electron chi connectivity index (χ0n) is 8.71. The quantitative estimate of drug-likeness (QED) is 0.726. The predicted molar refractivity (Wildman–Crippen MR) is 54.9 cm³/mol. The maximum Gasteiger partial charge on any atom is 0.0660 e. The average molecular weight is 191 g/mol. The van der Waals surface area contributed by atoms with Crippen molar-refractivity contribution < 1.29 is 0 Å². The Morgan fingerprint density at radius 3 is 2.71 bits per heavy atom. The second kappa shape index (κ2) is 2.60. The van der Waals surface area contributed by atoms with Gasteiger partial charge in [-0.1, -0.05) is 0 Å². The van der Waals surface area contributed by atoms with Crippen LogP contribution in [0.5, 0.6) is 0 Å². The van der Waals surface area contributed by atoms with E-state index in [-0.39, 0.29) is 5.54 Å². The lowest BCUT2D eigenvalue weighted by molar-refractivity contribution is 0.608. The van der Waals surface area contributed by atoms with Gasteiger partial charge in [0, 0.05) is 7.05 Å². The number of hydrogen-bond acceptors (Lipinski definition) is 2. The van der Waals surface area contributed by atoms with Gasteiger partial charge in [-0.2, -0.15) is 5.10 Å². The molecule has 0 atom stereocenters. The van der Waals surface area contributed by atoms with Gasteiger partial charge in [-0.05, 0) is 44.1 Å². The molecule has 2 N–H and O–H groups in total.